The molecule has 3 rings (SSSR count). The predicted octanol–water partition coefficient (Wildman–Crippen LogP) is 7.15. The minimum atomic E-state index is -1.36. The first-order valence-corrected chi connectivity index (χ1v) is 9.83. The molecule has 138 valence electrons. The summed E-state index contributed by atoms with van der Waals surface area (Å²) in [6, 6.07) is 2.36. The third kappa shape index (κ3) is 4.68. The van der Waals surface area contributed by atoms with E-state index in [1.165, 1.54) is 50.7 Å². The van der Waals surface area contributed by atoms with Crippen LogP contribution in [0.4, 0.5) is 13.2 Å². The van der Waals surface area contributed by atoms with Crippen molar-refractivity contribution in [2.24, 2.45) is 17.8 Å². The topological polar surface area (TPSA) is 0 Å². The van der Waals surface area contributed by atoms with Crippen LogP contribution in [0.15, 0.2) is 24.8 Å². The summed E-state index contributed by atoms with van der Waals surface area (Å²) in [4.78, 5) is 0. The molecule has 0 radical (unpaired) electrons. The molecule has 0 heterocycles. The Hall–Kier alpha value is -1.25. The first-order chi connectivity index (χ1) is 12.1. The highest BCUT2D eigenvalue weighted by atomic mass is 19.2. The lowest BCUT2D eigenvalue weighted by Crippen LogP contribution is -2.17. The standard InChI is InChI=1S/C22H29F3/c1-2-15-3-5-16(6-4-15)7-8-17-9-11-18(12-10-17)19-13-20(23)22(25)21(24)14-19/h2,13-18H,1,3-12H2/t15-,16-,17-,18-. The van der Waals surface area contributed by atoms with Gasteiger partial charge in [-0.3, -0.25) is 0 Å². The van der Waals surface area contributed by atoms with Crippen LogP contribution in [-0.2, 0) is 0 Å². The molecule has 0 nitrogen and oxygen atoms in total. The summed E-state index contributed by atoms with van der Waals surface area (Å²) < 4.78 is 40.0. The van der Waals surface area contributed by atoms with Crippen LogP contribution >= 0.6 is 0 Å². The Morgan fingerprint density at radius 2 is 1.28 bits per heavy atom. The molecule has 1 aromatic carbocycles. The molecule has 0 N–H and O–H groups in total. The molecular weight excluding hydrogens is 321 g/mol. The summed E-state index contributed by atoms with van der Waals surface area (Å²) >= 11 is 0. The van der Waals surface area contributed by atoms with Crippen LogP contribution in [0.1, 0.15) is 75.7 Å². The van der Waals surface area contributed by atoms with E-state index in [0.29, 0.717) is 5.56 Å². The number of hydrogen-bond donors (Lipinski definition) is 0. The summed E-state index contributed by atoms with van der Waals surface area (Å²) in [5.41, 5.74) is 0.623. The van der Waals surface area contributed by atoms with Gasteiger partial charge in [0, 0.05) is 0 Å². The summed E-state index contributed by atoms with van der Waals surface area (Å²) in [5, 5.41) is 0. The fourth-order valence-corrected chi connectivity index (χ4v) is 4.78. The highest BCUT2D eigenvalue weighted by molar-refractivity contribution is 5.23. The Balaban J connectivity index is 1.44. The van der Waals surface area contributed by atoms with Crippen LogP contribution in [0.2, 0.25) is 0 Å². The molecule has 0 bridgehead atoms. The Kier molecular flexibility index (Phi) is 6.24. The summed E-state index contributed by atoms with van der Waals surface area (Å²) in [5.74, 6) is -0.979. The van der Waals surface area contributed by atoms with Gasteiger partial charge in [0.05, 0.1) is 0 Å². The van der Waals surface area contributed by atoms with Gasteiger partial charge in [0.25, 0.3) is 0 Å². The monoisotopic (exact) mass is 350 g/mol. The van der Waals surface area contributed by atoms with Gasteiger partial charge in [0.2, 0.25) is 0 Å². The molecule has 0 saturated heterocycles. The average molecular weight is 350 g/mol. The second-order valence-corrected chi connectivity index (χ2v) is 8.11. The molecule has 0 aromatic heterocycles. The van der Waals surface area contributed by atoms with Crippen molar-refractivity contribution in [1.82, 2.24) is 0 Å². The fourth-order valence-electron chi connectivity index (χ4n) is 4.78. The van der Waals surface area contributed by atoms with Gasteiger partial charge in [-0.1, -0.05) is 18.9 Å². The summed E-state index contributed by atoms with van der Waals surface area (Å²) in [6.07, 6.45) is 14.1. The Bertz CT molecular complexity index is 556. The van der Waals surface area contributed by atoms with Crippen molar-refractivity contribution in [3.8, 4) is 0 Å². The Morgan fingerprint density at radius 3 is 1.76 bits per heavy atom. The van der Waals surface area contributed by atoms with Crippen LogP contribution < -0.4 is 0 Å². The molecular formula is C22H29F3. The third-order valence-electron chi connectivity index (χ3n) is 6.53. The van der Waals surface area contributed by atoms with Gasteiger partial charge in [-0.25, -0.2) is 13.2 Å². The number of benzene rings is 1. The second kappa shape index (κ2) is 8.42. The summed E-state index contributed by atoms with van der Waals surface area (Å²) in [6.45, 7) is 3.91. The number of allylic oxidation sites excluding steroid dienone is 1. The molecule has 2 aliphatic carbocycles. The van der Waals surface area contributed by atoms with Gasteiger partial charge in [-0.15, -0.1) is 6.58 Å². The lowest BCUT2D eigenvalue weighted by molar-refractivity contribution is 0.246. The normalized spacial score (nSPS) is 30.2. The minimum Gasteiger partial charge on any atom is -0.204 e. The van der Waals surface area contributed by atoms with Gasteiger partial charge in [0.15, 0.2) is 17.5 Å². The maximum absolute atomic E-state index is 13.4. The first kappa shape index (κ1) is 18.5. The molecule has 2 saturated carbocycles. The maximum Gasteiger partial charge on any atom is 0.194 e. The second-order valence-electron chi connectivity index (χ2n) is 8.11. The maximum atomic E-state index is 13.4. The fraction of sp³-hybridized carbons (Fsp3) is 0.636. The van der Waals surface area contributed by atoms with E-state index in [1.54, 1.807) is 0 Å². The Labute approximate surface area is 149 Å². The number of hydrogen-bond acceptors (Lipinski definition) is 0. The zero-order valence-electron chi connectivity index (χ0n) is 15.0. The predicted molar refractivity (Wildman–Crippen MR) is 95.9 cm³/mol. The van der Waals surface area contributed by atoms with E-state index in [-0.39, 0.29) is 5.92 Å². The van der Waals surface area contributed by atoms with Crippen molar-refractivity contribution >= 4 is 0 Å². The minimum absolute atomic E-state index is 0.170. The van der Waals surface area contributed by atoms with E-state index in [1.807, 2.05) is 0 Å². The van der Waals surface area contributed by atoms with Crippen molar-refractivity contribution in [3.63, 3.8) is 0 Å². The van der Waals surface area contributed by atoms with E-state index in [0.717, 1.165) is 43.4 Å². The van der Waals surface area contributed by atoms with Crippen molar-refractivity contribution in [3.05, 3.63) is 47.8 Å². The van der Waals surface area contributed by atoms with Crippen molar-refractivity contribution in [2.75, 3.05) is 0 Å². The third-order valence-corrected chi connectivity index (χ3v) is 6.53. The Morgan fingerprint density at radius 1 is 0.800 bits per heavy atom. The van der Waals surface area contributed by atoms with Crippen molar-refractivity contribution < 1.29 is 13.2 Å². The molecule has 0 atom stereocenters. The highest BCUT2D eigenvalue weighted by Gasteiger charge is 2.26. The molecule has 1 aromatic rings. The lowest BCUT2D eigenvalue weighted by atomic mass is 9.74. The van der Waals surface area contributed by atoms with Gasteiger partial charge >= 0.3 is 0 Å². The van der Waals surface area contributed by atoms with Crippen molar-refractivity contribution in [1.29, 1.82) is 0 Å². The molecule has 2 fully saturated rings. The number of halogens is 3. The quantitative estimate of drug-likeness (QED) is 0.391. The van der Waals surface area contributed by atoms with Gasteiger partial charge < -0.3 is 0 Å². The average Bonchev–Trinajstić information content (AvgIpc) is 2.65. The first-order valence-electron chi connectivity index (χ1n) is 9.83. The molecule has 2 aliphatic rings. The van der Waals surface area contributed by atoms with Crippen LogP contribution in [0, 0.1) is 35.2 Å². The van der Waals surface area contributed by atoms with E-state index in [9.17, 15) is 13.2 Å². The van der Waals surface area contributed by atoms with Crippen molar-refractivity contribution in [2.45, 2.75) is 70.1 Å². The summed E-state index contributed by atoms with van der Waals surface area (Å²) in [7, 11) is 0. The zero-order valence-corrected chi connectivity index (χ0v) is 15.0. The van der Waals surface area contributed by atoms with E-state index < -0.39 is 17.5 Å². The van der Waals surface area contributed by atoms with Crippen LogP contribution in [0.3, 0.4) is 0 Å². The molecule has 0 unspecified atom stereocenters. The smallest absolute Gasteiger partial charge is 0.194 e. The largest absolute Gasteiger partial charge is 0.204 e. The molecule has 0 spiro atoms. The molecule has 0 amide bonds. The van der Waals surface area contributed by atoms with E-state index in [4.69, 9.17) is 0 Å². The van der Waals surface area contributed by atoms with Crippen LogP contribution in [-0.4, -0.2) is 0 Å². The molecule has 0 aliphatic heterocycles. The van der Waals surface area contributed by atoms with Crippen LogP contribution in [0.25, 0.3) is 0 Å². The van der Waals surface area contributed by atoms with E-state index in [2.05, 4.69) is 12.7 Å². The van der Waals surface area contributed by atoms with Gasteiger partial charge in [0.1, 0.15) is 0 Å². The molecule has 25 heavy (non-hydrogen) atoms. The van der Waals surface area contributed by atoms with Gasteiger partial charge in [-0.2, -0.15) is 0 Å². The highest BCUT2D eigenvalue weighted by Crippen LogP contribution is 2.40. The SMILES string of the molecule is C=C[C@H]1CC[C@H](CC[C@H]2CC[C@H](c3cc(F)c(F)c(F)c3)CC2)CC1. The zero-order chi connectivity index (χ0) is 17.8. The number of rotatable bonds is 5. The van der Waals surface area contributed by atoms with Gasteiger partial charge in [-0.05, 0) is 92.7 Å². The molecule has 3 heteroatoms. The lowest BCUT2D eigenvalue weighted by Gasteiger charge is -2.31. The van der Waals surface area contributed by atoms with Crippen LogP contribution in [0.5, 0.6) is 0 Å². The van der Waals surface area contributed by atoms with E-state index >= 15 is 0 Å².